The van der Waals surface area contributed by atoms with E-state index in [2.05, 4.69) is 31.1 Å². The molecule has 0 saturated heterocycles. The van der Waals surface area contributed by atoms with Crippen molar-refractivity contribution in [1.29, 1.82) is 0 Å². The van der Waals surface area contributed by atoms with Crippen molar-refractivity contribution in [3.05, 3.63) is 66.5 Å². The minimum absolute atomic E-state index is 0.0383. The van der Waals surface area contributed by atoms with Crippen molar-refractivity contribution >= 4 is 11.8 Å². The lowest BCUT2D eigenvalue weighted by Crippen LogP contribution is -2.06. The van der Waals surface area contributed by atoms with E-state index in [1.807, 2.05) is 67.6 Å². The average Bonchev–Trinajstić information content (AvgIpc) is 3.32. The molecule has 9 heteroatoms. The molecule has 25 heavy (non-hydrogen) atoms. The van der Waals surface area contributed by atoms with Gasteiger partial charge < -0.3 is 0 Å². The number of benzene rings is 2. The van der Waals surface area contributed by atoms with E-state index < -0.39 is 0 Å². The maximum Gasteiger partial charge on any atom is 0.214 e. The van der Waals surface area contributed by atoms with Crippen LogP contribution in [0.4, 0.5) is 0 Å². The largest absolute Gasteiger partial charge is 0.214 e. The first kappa shape index (κ1) is 15.5. The molecule has 4 aromatic rings. The highest BCUT2D eigenvalue weighted by molar-refractivity contribution is 7.99. The highest BCUT2D eigenvalue weighted by Gasteiger charge is 2.20. The van der Waals surface area contributed by atoms with E-state index in [0.29, 0.717) is 5.16 Å². The van der Waals surface area contributed by atoms with Gasteiger partial charge in [-0.2, -0.15) is 9.36 Å². The summed E-state index contributed by atoms with van der Waals surface area (Å²) >= 11 is 1.50. The van der Waals surface area contributed by atoms with Crippen molar-refractivity contribution < 1.29 is 0 Å². The molecule has 0 amide bonds. The van der Waals surface area contributed by atoms with Crippen LogP contribution in [0.3, 0.4) is 0 Å². The van der Waals surface area contributed by atoms with Crippen LogP contribution in [0.5, 0.6) is 0 Å². The molecule has 8 nitrogen and oxygen atoms in total. The highest BCUT2D eigenvalue weighted by atomic mass is 32.2. The summed E-state index contributed by atoms with van der Waals surface area (Å²) in [5.41, 5.74) is 1.82. The van der Waals surface area contributed by atoms with Gasteiger partial charge in [-0.25, -0.2) is 0 Å². The topological polar surface area (TPSA) is 87.2 Å². The third-order valence-electron chi connectivity index (χ3n) is 3.58. The maximum absolute atomic E-state index is 4.18. The van der Waals surface area contributed by atoms with Crippen LogP contribution < -0.4 is 0 Å². The second-order valence-electron chi connectivity index (χ2n) is 5.25. The zero-order valence-electron chi connectivity index (χ0n) is 13.3. The Hall–Kier alpha value is -3.07. The quantitative estimate of drug-likeness (QED) is 0.511. The van der Waals surface area contributed by atoms with Crippen molar-refractivity contribution in [2.75, 3.05) is 0 Å². The summed E-state index contributed by atoms with van der Waals surface area (Å²) < 4.78 is 3.44. The number of tetrazole rings is 2. The number of rotatable bonds is 5. The molecule has 2 aromatic carbocycles. The Morgan fingerprint density at radius 2 is 1.32 bits per heavy atom. The van der Waals surface area contributed by atoms with Gasteiger partial charge in [0, 0.05) is 0 Å². The second-order valence-corrected chi connectivity index (χ2v) is 6.56. The normalized spacial score (nSPS) is 12.2. The summed E-state index contributed by atoms with van der Waals surface area (Å²) in [6.07, 6.45) is 0. The summed E-state index contributed by atoms with van der Waals surface area (Å²) in [5, 5.41) is 24.8. The fourth-order valence-electron chi connectivity index (χ4n) is 2.40. The van der Waals surface area contributed by atoms with Gasteiger partial charge in [-0.15, -0.1) is 10.2 Å². The van der Waals surface area contributed by atoms with Crippen molar-refractivity contribution in [2.24, 2.45) is 0 Å². The van der Waals surface area contributed by atoms with E-state index in [0.717, 1.165) is 17.2 Å². The molecule has 2 heterocycles. The molecule has 1 unspecified atom stereocenters. The van der Waals surface area contributed by atoms with E-state index in [1.54, 1.807) is 9.36 Å². The Morgan fingerprint density at radius 3 is 2.00 bits per heavy atom. The molecular formula is C16H14N8S. The van der Waals surface area contributed by atoms with Crippen LogP contribution in [0.2, 0.25) is 0 Å². The van der Waals surface area contributed by atoms with E-state index in [1.165, 1.54) is 11.8 Å². The first-order chi connectivity index (χ1) is 12.3. The van der Waals surface area contributed by atoms with Gasteiger partial charge in [-0.1, -0.05) is 48.2 Å². The van der Waals surface area contributed by atoms with Crippen molar-refractivity contribution in [1.82, 2.24) is 40.4 Å². The van der Waals surface area contributed by atoms with Crippen LogP contribution >= 0.6 is 11.8 Å². The monoisotopic (exact) mass is 350 g/mol. The molecule has 0 saturated carbocycles. The van der Waals surface area contributed by atoms with E-state index >= 15 is 0 Å². The molecule has 0 aliphatic heterocycles. The Morgan fingerprint density at radius 1 is 0.760 bits per heavy atom. The summed E-state index contributed by atoms with van der Waals surface area (Å²) in [5.74, 6) is 0.735. The van der Waals surface area contributed by atoms with Crippen LogP contribution in [-0.4, -0.2) is 40.4 Å². The van der Waals surface area contributed by atoms with Crippen LogP contribution in [0, 0.1) is 0 Å². The van der Waals surface area contributed by atoms with Crippen molar-refractivity contribution in [3.63, 3.8) is 0 Å². The number of hydrogen-bond acceptors (Lipinski definition) is 7. The van der Waals surface area contributed by atoms with Gasteiger partial charge in [-0.3, -0.25) is 0 Å². The standard InChI is InChI=1S/C16H14N8S/c1-12(15-17-19-21-23(15)13-8-4-2-5-9-13)25-16-18-20-22-24(16)14-10-6-3-7-11-14/h2-12H,1H3. The Bertz CT molecular complexity index is 950. The third kappa shape index (κ3) is 3.13. The van der Waals surface area contributed by atoms with E-state index in [4.69, 9.17) is 0 Å². The van der Waals surface area contributed by atoms with E-state index in [9.17, 15) is 0 Å². The van der Waals surface area contributed by atoms with Gasteiger partial charge in [0.1, 0.15) is 0 Å². The molecular weight excluding hydrogens is 336 g/mol. The van der Waals surface area contributed by atoms with Gasteiger partial charge in [0.05, 0.1) is 16.6 Å². The lowest BCUT2D eigenvalue weighted by molar-refractivity contribution is 0.747. The minimum atomic E-state index is -0.0383. The average molecular weight is 350 g/mol. The SMILES string of the molecule is CC(Sc1nnnn1-c1ccccc1)c1nnnn1-c1ccccc1. The number of para-hydroxylation sites is 2. The molecule has 0 fully saturated rings. The van der Waals surface area contributed by atoms with Gasteiger partial charge in [-0.05, 0) is 52.0 Å². The first-order valence-electron chi connectivity index (χ1n) is 7.67. The zero-order chi connectivity index (χ0) is 17.1. The molecule has 2 aromatic heterocycles. The van der Waals surface area contributed by atoms with E-state index in [-0.39, 0.29) is 5.25 Å². The summed E-state index contributed by atoms with van der Waals surface area (Å²) in [4.78, 5) is 0. The highest BCUT2D eigenvalue weighted by Crippen LogP contribution is 2.33. The molecule has 0 N–H and O–H groups in total. The van der Waals surface area contributed by atoms with Gasteiger partial charge in [0.15, 0.2) is 5.82 Å². The van der Waals surface area contributed by atoms with Crippen LogP contribution in [0.25, 0.3) is 11.4 Å². The summed E-state index contributed by atoms with van der Waals surface area (Å²) in [6, 6.07) is 19.6. The molecule has 0 aliphatic rings. The van der Waals surface area contributed by atoms with Crippen molar-refractivity contribution in [3.8, 4) is 11.4 Å². The molecule has 0 spiro atoms. The number of thioether (sulfide) groups is 1. The molecule has 0 radical (unpaired) electrons. The lowest BCUT2D eigenvalue weighted by atomic mass is 10.3. The van der Waals surface area contributed by atoms with Crippen molar-refractivity contribution in [2.45, 2.75) is 17.3 Å². The molecule has 0 aliphatic carbocycles. The summed E-state index contributed by atoms with van der Waals surface area (Å²) in [6.45, 7) is 2.03. The first-order valence-corrected chi connectivity index (χ1v) is 8.55. The predicted molar refractivity (Wildman–Crippen MR) is 92.6 cm³/mol. The number of hydrogen-bond donors (Lipinski definition) is 0. The third-order valence-corrected chi connectivity index (χ3v) is 4.61. The number of aromatic nitrogens is 8. The predicted octanol–water partition coefficient (Wildman–Crippen LogP) is 2.49. The second kappa shape index (κ2) is 6.81. The Balaban J connectivity index is 1.62. The zero-order valence-corrected chi connectivity index (χ0v) is 14.2. The Kier molecular flexibility index (Phi) is 4.21. The molecule has 124 valence electrons. The summed E-state index contributed by atoms with van der Waals surface area (Å²) in [7, 11) is 0. The Labute approximate surface area is 147 Å². The van der Waals surface area contributed by atoms with Gasteiger partial charge >= 0.3 is 0 Å². The lowest BCUT2D eigenvalue weighted by Gasteiger charge is -2.11. The van der Waals surface area contributed by atoms with Crippen LogP contribution in [0.1, 0.15) is 18.0 Å². The molecule has 4 rings (SSSR count). The fourth-order valence-corrected chi connectivity index (χ4v) is 3.29. The smallest absolute Gasteiger partial charge is 0.196 e. The molecule has 0 bridgehead atoms. The van der Waals surface area contributed by atoms with Crippen LogP contribution in [-0.2, 0) is 0 Å². The fraction of sp³-hybridized carbons (Fsp3) is 0.125. The van der Waals surface area contributed by atoms with Gasteiger partial charge in [0.2, 0.25) is 5.16 Å². The van der Waals surface area contributed by atoms with Gasteiger partial charge in [0.25, 0.3) is 0 Å². The molecule has 1 atom stereocenters. The number of nitrogens with zero attached hydrogens (tertiary/aromatic N) is 8. The van der Waals surface area contributed by atoms with Crippen LogP contribution in [0.15, 0.2) is 65.8 Å². The minimum Gasteiger partial charge on any atom is -0.196 e. The maximum atomic E-state index is 4.18.